The molecule has 15 heavy (non-hydrogen) atoms. The second-order valence-corrected chi connectivity index (χ2v) is 3.41. The predicted molar refractivity (Wildman–Crippen MR) is 58.4 cm³/mol. The number of ether oxygens (including phenoxy) is 1. The Morgan fingerprint density at radius 2 is 2.27 bits per heavy atom. The molecule has 5 heteroatoms. The lowest BCUT2D eigenvalue weighted by Gasteiger charge is -2.04. The summed E-state index contributed by atoms with van der Waals surface area (Å²) in [5, 5.41) is 7.43. The van der Waals surface area contributed by atoms with Crippen molar-refractivity contribution in [2.45, 2.75) is 6.42 Å². The number of benzene rings is 1. The van der Waals surface area contributed by atoms with E-state index < -0.39 is 5.97 Å². The number of halogens is 1. The first kappa shape index (κ1) is 11.5. The lowest BCUT2D eigenvalue weighted by atomic mass is 10.1. The first-order chi connectivity index (χ1) is 7.04. The highest BCUT2D eigenvalue weighted by Crippen LogP contribution is 2.18. The van der Waals surface area contributed by atoms with Crippen molar-refractivity contribution in [2.24, 2.45) is 5.73 Å². The summed E-state index contributed by atoms with van der Waals surface area (Å²) in [6, 6.07) is 4.86. The van der Waals surface area contributed by atoms with Crippen LogP contribution in [0.5, 0.6) is 0 Å². The Morgan fingerprint density at radius 1 is 1.60 bits per heavy atom. The molecule has 4 nitrogen and oxygen atoms in total. The molecule has 0 aliphatic carbocycles. The molecule has 0 aliphatic rings. The number of hydrogen-bond acceptors (Lipinski definition) is 3. The molecule has 0 aromatic heterocycles. The van der Waals surface area contributed by atoms with E-state index in [1.807, 2.05) is 0 Å². The maximum Gasteiger partial charge on any atom is 0.339 e. The summed E-state index contributed by atoms with van der Waals surface area (Å²) >= 11 is 5.87. The van der Waals surface area contributed by atoms with Gasteiger partial charge in [-0.2, -0.15) is 0 Å². The van der Waals surface area contributed by atoms with Crippen LogP contribution in [-0.4, -0.2) is 18.9 Å². The molecule has 0 saturated carbocycles. The molecule has 3 N–H and O–H groups in total. The molecule has 0 radical (unpaired) electrons. The van der Waals surface area contributed by atoms with Gasteiger partial charge in [0, 0.05) is 6.42 Å². The Hall–Kier alpha value is -1.55. The van der Waals surface area contributed by atoms with Gasteiger partial charge in [0.2, 0.25) is 0 Å². The minimum absolute atomic E-state index is 0.0527. The molecule has 80 valence electrons. The molecular formula is C10H11ClN2O2. The van der Waals surface area contributed by atoms with Gasteiger partial charge in [-0.1, -0.05) is 17.7 Å². The zero-order chi connectivity index (χ0) is 11.4. The second-order valence-electron chi connectivity index (χ2n) is 3.01. The molecule has 1 rings (SSSR count). The van der Waals surface area contributed by atoms with Gasteiger partial charge in [0.05, 0.1) is 23.5 Å². The van der Waals surface area contributed by atoms with E-state index in [0.717, 1.165) is 5.56 Å². The number of esters is 1. The third-order valence-electron chi connectivity index (χ3n) is 1.83. The lowest BCUT2D eigenvalue weighted by Crippen LogP contribution is -2.13. The fourth-order valence-corrected chi connectivity index (χ4v) is 1.44. The van der Waals surface area contributed by atoms with E-state index in [-0.39, 0.29) is 5.84 Å². The van der Waals surface area contributed by atoms with Crippen molar-refractivity contribution in [1.82, 2.24) is 0 Å². The Balaban J connectivity index is 2.97. The highest BCUT2D eigenvalue weighted by Gasteiger charge is 2.10. The van der Waals surface area contributed by atoms with Gasteiger partial charge < -0.3 is 10.5 Å². The smallest absolute Gasteiger partial charge is 0.339 e. The quantitative estimate of drug-likeness (QED) is 0.467. The van der Waals surface area contributed by atoms with Crippen LogP contribution in [0.1, 0.15) is 15.9 Å². The van der Waals surface area contributed by atoms with Gasteiger partial charge >= 0.3 is 5.97 Å². The van der Waals surface area contributed by atoms with E-state index in [9.17, 15) is 4.79 Å². The summed E-state index contributed by atoms with van der Waals surface area (Å²) in [6.07, 6.45) is 0.321. The number of nitrogens with one attached hydrogen (secondary N) is 1. The number of hydrogen-bond donors (Lipinski definition) is 2. The average molecular weight is 227 g/mol. The van der Waals surface area contributed by atoms with Crippen molar-refractivity contribution < 1.29 is 9.53 Å². The zero-order valence-corrected chi connectivity index (χ0v) is 8.97. The van der Waals surface area contributed by atoms with Gasteiger partial charge in [-0.05, 0) is 17.7 Å². The van der Waals surface area contributed by atoms with E-state index in [4.69, 9.17) is 22.7 Å². The van der Waals surface area contributed by atoms with E-state index in [2.05, 4.69) is 4.74 Å². The highest BCUT2D eigenvalue weighted by atomic mass is 35.5. The summed E-state index contributed by atoms with van der Waals surface area (Å²) in [5.41, 5.74) is 6.35. The Morgan fingerprint density at radius 3 is 2.73 bits per heavy atom. The Labute approximate surface area is 92.5 Å². The largest absolute Gasteiger partial charge is 0.465 e. The van der Waals surface area contributed by atoms with E-state index in [1.54, 1.807) is 18.2 Å². The molecule has 0 unspecified atom stereocenters. The van der Waals surface area contributed by atoms with Crippen molar-refractivity contribution >= 4 is 23.4 Å². The number of carbonyl (C=O) groups is 1. The van der Waals surface area contributed by atoms with Gasteiger partial charge in [0.15, 0.2) is 0 Å². The van der Waals surface area contributed by atoms with Crippen molar-refractivity contribution in [3.05, 3.63) is 34.3 Å². The molecule has 0 spiro atoms. The van der Waals surface area contributed by atoms with Gasteiger partial charge in [-0.25, -0.2) is 4.79 Å². The van der Waals surface area contributed by atoms with Crippen LogP contribution < -0.4 is 5.73 Å². The van der Waals surface area contributed by atoms with Crippen LogP contribution in [0.3, 0.4) is 0 Å². The first-order valence-electron chi connectivity index (χ1n) is 4.24. The normalized spacial score (nSPS) is 9.73. The maximum atomic E-state index is 11.2. The van der Waals surface area contributed by atoms with E-state index in [1.165, 1.54) is 7.11 Å². The van der Waals surface area contributed by atoms with Crippen LogP contribution in [0.15, 0.2) is 18.2 Å². The number of amidine groups is 1. The molecule has 0 aliphatic heterocycles. The van der Waals surface area contributed by atoms with Crippen LogP contribution >= 0.6 is 11.6 Å². The number of rotatable bonds is 3. The summed E-state index contributed by atoms with van der Waals surface area (Å²) in [7, 11) is 1.29. The molecule has 0 heterocycles. The van der Waals surface area contributed by atoms with Gasteiger partial charge in [0.25, 0.3) is 0 Å². The topological polar surface area (TPSA) is 76.2 Å². The third kappa shape index (κ3) is 2.95. The molecule has 1 aromatic carbocycles. The first-order valence-corrected chi connectivity index (χ1v) is 4.62. The number of carbonyl (C=O) groups excluding carboxylic acids is 1. The fourth-order valence-electron chi connectivity index (χ4n) is 1.16. The van der Waals surface area contributed by atoms with Gasteiger partial charge in [0.1, 0.15) is 0 Å². The van der Waals surface area contributed by atoms with E-state index >= 15 is 0 Å². The molecule has 1 aromatic rings. The molecule has 0 saturated heterocycles. The number of nitrogens with two attached hydrogens (primary N) is 1. The Bertz CT molecular complexity index is 404. The zero-order valence-electron chi connectivity index (χ0n) is 8.21. The second kappa shape index (κ2) is 4.79. The maximum absolute atomic E-state index is 11.2. The highest BCUT2D eigenvalue weighted by molar-refractivity contribution is 6.33. The van der Waals surface area contributed by atoms with Crippen LogP contribution in [0.4, 0.5) is 0 Å². The SMILES string of the molecule is COC(=O)c1ccc(CC(=N)N)cc1Cl. The molecular weight excluding hydrogens is 216 g/mol. The minimum atomic E-state index is -0.477. The van der Waals surface area contributed by atoms with Crippen LogP contribution in [0, 0.1) is 5.41 Å². The molecule has 0 amide bonds. The lowest BCUT2D eigenvalue weighted by molar-refractivity contribution is 0.0601. The third-order valence-corrected chi connectivity index (χ3v) is 2.15. The van der Waals surface area contributed by atoms with Crippen molar-refractivity contribution in [3.8, 4) is 0 Å². The monoisotopic (exact) mass is 226 g/mol. The summed E-state index contributed by atoms with van der Waals surface area (Å²) in [6.45, 7) is 0. The summed E-state index contributed by atoms with van der Waals surface area (Å²) in [5.74, 6) is -0.425. The van der Waals surface area contributed by atoms with Crippen molar-refractivity contribution in [1.29, 1.82) is 5.41 Å². The van der Waals surface area contributed by atoms with E-state index in [0.29, 0.717) is 17.0 Å². The Kier molecular flexibility index (Phi) is 3.68. The standard InChI is InChI=1S/C10H11ClN2O2/c1-15-10(14)7-3-2-6(4-8(7)11)5-9(12)13/h2-4H,5H2,1H3,(H3,12,13). The number of methoxy groups -OCH3 is 1. The summed E-state index contributed by atoms with van der Waals surface area (Å²) in [4.78, 5) is 11.2. The van der Waals surface area contributed by atoms with Crippen LogP contribution in [0.25, 0.3) is 0 Å². The molecule has 0 fully saturated rings. The van der Waals surface area contributed by atoms with Gasteiger partial charge in [-0.3, -0.25) is 5.41 Å². The van der Waals surface area contributed by atoms with Crippen LogP contribution in [0.2, 0.25) is 5.02 Å². The van der Waals surface area contributed by atoms with Crippen LogP contribution in [-0.2, 0) is 11.2 Å². The molecule has 0 atom stereocenters. The predicted octanol–water partition coefficient (Wildman–Crippen LogP) is 1.61. The van der Waals surface area contributed by atoms with Gasteiger partial charge in [-0.15, -0.1) is 0 Å². The average Bonchev–Trinajstić information content (AvgIpc) is 2.16. The minimum Gasteiger partial charge on any atom is -0.465 e. The van der Waals surface area contributed by atoms with Crippen molar-refractivity contribution in [2.75, 3.05) is 7.11 Å². The van der Waals surface area contributed by atoms with Crippen molar-refractivity contribution in [3.63, 3.8) is 0 Å². The fraction of sp³-hybridized carbons (Fsp3) is 0.200. The summed E-state index contributed by atoms with van der Waals surface area (Å²) < 4.78 is 4.55. The molecule has 0 bridgehead atoms.